The van der Waals surface area contributed by atoms with Gasteiger partial charge in [-0.25, -0.2) is 31.5 Å². The van der Waals surface area contributed by atoms with E-state index in [9.17, 15) is 16.8 Å². The van der Waals surface area contributed by atoms with Crippen LogP contribution in [0.3, 0.4) is 0 Å². The summed E-state index contributed by atoms with van der Waals surface area (Å²) >= 11 is 24.5. The molecule has 254 valence electrons. The molecular formula is C33H38Cl4N4O4S2. The molecule has 2 aromatic heterocycles. The molecular weight excluding hydrogens is 722 g/mol. The fourth-order valence-corrected chi connectivity index (χ4v) is 10.9. The summed E-state index contributed by atoms with van der Waals surface area (Å²) in [5, 5.41) is 3.88. The van der Waals surface area contributed by atoms with Gasteiger partial charge in [0.2, 0.25) is 20.0 Å². The average Bonchev–Trinajstić information content (AvgIpc) is 3.67. The van der Waals surface area contributed by atoms with Gasteiger partial charge in [0.15, 0.2) is 0 Å². The number of pyridine rings is 2. The van der Waals surface area contributed by atoms with Gasteiger partial charge in [0.25, 0.3) is 0 Å². The second-order valence-electron chi connectivity index (χ2n) is 12.9. The van der Waals surface area contributed by atoms with Crippen molar-refractivity contribution in [2.24, 2.45) is 0 Å². The van der Waals surface area contributed by atoms with Crippen LogP contribution in [0, 0.1) is 0 Å². The second kappa shape index (κ2) is 14.2. The third-order valence-electron chi connectivity index (χ3n) is 9.22. The van der Waals surface area contributed by atoms with E-state index in [0.29, 0.717) is 38.1 Å². The van der Waals surface area contributed by atoms with Gasteiger partial charge in [-0.1, -0.05) is 91.1 Å². The maximum Gasteiger partial charge on any atom is 0.243 e. The number of nitrogens with zero attached hydrogens (tertiary/aromatic N) is 3. The molecule has 2 saturated carbocycles. The van der Waals surface area contributed by atoms with E-state index >= 15 is 0 Å². The maximum absolute atomic E-state index is 13.4. The number of hydrogen-bond acceptors (Lipinski definition) is 6. The third kappa shape index (κ3) is 7.70. The van der Waals surface area contributed by atoms with Crippen molar-refractivity contribution >= 4 is 88.0 Å². The number of rotatable bonds is 8. The number of fused-ring (bicyclic) bond motifs is 2. The number of nitrogens with one attached hydrogen (secondary N) is 1. The highest BCUT2D eigenvalue weighted by atomic mass is 35.5. The zero-order valence-electron chi connectivity index (χ0n) is 26.5. The van der Waals surface area contributed by atoms with Crippen LogP contribution in [0.4, 0.5) is 0 Å². The van der Waals surface area contributed by atoms with Crippen LogP contribution in [-0.2, 0) is 20.0 Å². The molecule has 2 aliphatic rings. The summed E-state index contributed by atoms with van der Waals surface area (Å²) in [5.41, 5.74) is -0.690. The highest BCUT2D eigenvalue weighted by Gasteiger charge is 2.42. The molecule has 0 spiro atoms. The van der Waals surface area contributed by atoms with Gasteiger partial charge >= 0.3 is 0 Å². The molecule has 0 atom stereocenters. The monoisotopic (exact) mass is 758 g/mol. The summed E-state index contributed by atoms with van der Waals surface area (Å²) in [6.07, 6.45) is 11.4. The Labute approximate surface area is 297 Å². The topological polar surface area (TPSA) is 109 Å². The summed E-state index contributed by atoms with van der Waals surface area (Å²) in [6, 6.07) is 9.64. The van der Waals surface area contributed by atoms with E-state index in [0.717, 1.165) is 57.8 Å². The molecule has 2 aromatic carbocycles. The van der Waals surface area contributed by atoms with E-state index in [1.54, 1.807) is 34.6 Å². The molecule has 8 nitrogen and oxygen atoms in total. The quantitative estimate of drug-likeness (QED) is 0.179. The first-order valence-electron chi connectivity index (χ1n) is 15.6. The van der Waals surface area contributed by atoms with Crippen molar-refractivity contribution in [3.8, 4) is 0 Å². The molecule has 0 radical (unpaired) electrons. The minimum Gasteiger partial charge on any atom is -0.242 e. The van der Waals surface area contributed by atoms with E-state index in [2.05, 4.69) is 21.6 Å². The van der Waals surface area contributed by atoms with Crippen LogP contribution in [0.1, 0.15) is 78.6 Å². The average molecular weight is 761 g/mol. The minimum absolute atomic E-state index is 0.180. The van der Waals surface area contributed by atoms with Crippen LogP contribution in [0.15, 0.2) is 58.6 Å². The molecule has 2 heterocycles. The Balaban J connectivity index is 0.000000186. The van der Waals surface area contributed by atoms with Gasteiger partial charge in [-0.15, -0.1) is 0 Å². The van der Waals surface area contributed by atoms with Gasteiger partial charge in [0, 0.05) is 51.6 Å². The standard InChI is InChI=1S/C18H22Cl2N2O2S.C15H16Cl2N2O2S/c1-3-10-22(18(2)8-4-5-9-18)25(23,24)13-6-7-14-15(11-13)17(20)21-12-16(14)19;1-15(6-2-3-7-15)19-22(20,21)10-4-5-11-12(8-10)14(17)18-9-13(11)16/h6-7,11-12H,3-5,8-10H2,1-2H3;4-5,8-9,19H,2-3,6-7H2,1H3. The Morgan fingerprint density at radius 1 is 0.723 bits per heavy atom. The molecule has 0 saturated heterocycles. The number of benzene rings is 2. The lowest BCUT2D eigenvalue weighted by Crippen LogP contribution is -2.48. The van der Waals surface area contributed by atoms with Crippen molar-refractivity contribution in [1.29, 1.82) is 0 Å². The van der Waals surface area contributed by atoms with Gasteiger partial charge in [-0.3, -0.25) is 0 Å². The zero-order chi connectivity index (χ0) is 34.2. The van der Waals surface area contributed by atoms with Crippen LogP contribution in [-0.4, -0.2) is 48.7 Å². The fraction of sp³-hybridized carbons (Fsp3) is 0.455. The molecule has 1 N–H and O–H groups in total. The van der Waals surface area contributed by atoms with Crippen molar-refractivity contribution < 1.29 is 16.8 Å². The first kappa shape index (κ1) is 36.5. The summed E-state index contributed by atoms with van der Waals surface area (Å²) in [7, 11) is -7.23. The van der Waals surface area contributed by atoms with E-state index in [4.69, 9.17) is 46.4 Å². The van der Waals surface area contributed by atoms with E-state index < -0.39 is 20.0 Å². The second-order valence-corrected chi connectivity index (χ2v) is 17.9. The Hall–Kier alpha value is -1.76. The van der Waals surface area contributed by atoms with E-state index in [-0.39, 0.29) is 31.2 Å². The van der Waals surface area contributed by atoms with Gasteiger partial charge < -0.3 is 0 Å². The van der Waals surface area contributed by atoms with Gasteiger partial charge in [0.1, 0.15) is 10.3 Å². The Morgan fingerprint density at radius 2 is 1.19 bits per heavy atom. The number of aromatic nitrogens is 2. The first-order chi connectivity index (χ1) is 22.1. The third-order valence-corrected chi connectivity index (χ3v) is 14.1. The lowest BCUT2D eigenvalue weighted by molar-refractivity contribution is 0.211. The molecule has 0 bridgehead atoms. The zero-order valence-corrected chi connectivity index (χ0v) is 31.1. The van der Waals surface area contributed by atoms with Crippen LogP contribution in [0.2, 0.25) is 20.4 Å². The summed E-state index contributed by atoms with van der Waals surface area (Å²) in [6.45, 7) is 6.52. The fourth-order valence-electron chi connectivity index (χ4n) is 6.67. The van der Waals surface area contributed by atoms with E-state index in [1.165, 1.54) is 18.5 Å². The Morgan fingerprint density at radius 3 is 1.70 bits per heavy atom. The smallest absolute Gasteiger partial charge is 0.242 e. The van der Waals surface area contributed by atoms with Crippen molar-refractivity contribution in [2.75, 3.05) is 6.54 Å². The molecule has 2 aliphatic carbocycles. The van der Waals surface area contributed by atoms with Crippen molar-refractivity contribution in [1.82, 2.24) is 19.0 Å². The highest BCUT2D eigenvalue weighted by molar-refractivity contribution is 7.89. The van der Waals surface area contributed by atoms with Crippen molar-refractivity contribution in [3.05, 3.63) is 69.1 Å². The normalized spacial score (nSPS) is 17.7. The summed E-state index contributed by atoms with van der Waals surface area (Å²) in [4.78, 5) is 8.42. The summed E-state index contributed by atoms with van der Waals surface area (Å²) < 4.78 is 56.5. The summed E-state index contributed by atoms with van der Waals surface area (Å²) in [5.74, 6) is 0. The van der Waals surface area contributed by atoms with E-state index in [1.807, 2.05) is 13.8 Å². The Kier molecular flexibility index (Phi) is 11.1. The molecule has 0 amide bonds. The predicted molar refractivity (Wildman–Crippen MR) is 192 cm³/mol. The predicted octanol–water partition coefficient (Wildman–Crippen LogP) is 9.43. The number of hydrogen-bond donors (Lipinski definition) is 1. The Bertz CT molecular complexity index is 2010. The van der Waals surface area contributed by atoms with Crippen LogP contribution in [0.25, 0.3) is 21.5 Å². The molecule has 6 rings (SSSR count). The van der Waals surface area contributed by atoms with Gasteiger partial charge in [0.05, 0.1) is 19.8 Å². The van der Waals surface area contributed by atoms with Crippen LogP contribution < -0.4 is 4.72 Å². The largest absolute Gasteiger partial charge is 0.243 e. The molecule has 0 aliphatic heterocycles. The maximum atomic E-state index is 13.4. The van der Waals surface area contributed by atoms with Gasteiger partial charge in [-0.05, 0) is 70.2 Å². The van der Waals surface area contributed by atoms with Crippen LogP contribution >= 0.6 is 46.4 Å². The molecule has 47 heavy (non-hydrogen) atoms. The van der Waals surface area contributed by atoms with Gasteiger partial charge in [-0.2, -0.15) is 4.31 Å². The van der Waals surface area contributed by atoms with Crippen molar-refractivity contribution in [3.63, 3.8) is 0 Å². The molecule has 2 fully saturated rings. The molecule has 4 aromatic rings. The molecule has 0 unspecified atom stereocenters. The number of sulfonamides is 2. The highest BCUT2D eigenvalue weighted by Crippen LogP contribution is 2.40. The SMILES string of the molecule is CC1(NS(=O)(=O)c2ccc3c(Cl)cnc(Cl)c3c2)CCCC1.CCCN(C1(C)CCCC1)S(=O)(=O)c1ccc2c(Cl)cnc(Cl)c2c1. The lowest BCUT2D eigenvalue weighted by Gasteiger charge is -2.37. The van der Waals surface area contributed by atoms with Crippen molar-refractivity contribution in [2.45, 2.75) is 99.4 Å². The van der Waals surface area contributed by atoms with Crippen LogP contribution in [0.5, 0.6) is 0 Å². The number of halogens is 4. The minimum atomic E-state index is -3.62. The first-order valence-corrected chi connectivity index (χ1v) is 20.1. The lowest BCUT2D eigenvalue weighted by atomic mass is 10.0. The molecule has 14 heteroatoms.